The molecule has 6 heteroatoms. The molecule has 2 aliphatic heterocycles. The van der Waals surface area contributed by atoms with Gasteiger partial charge in [-0.1, -0.05) is 6.92 Å². The van der Waals surface area contributed by atoms with Crippen molar-refractivity contribution in [2.75, 3.05) is 26.3 Å². The highest BCUT2D eigenvalue weighted by molar-refractivity contribution is 5.76. The highest BCUT2D eigenvalue weighted by Gasteiger charge is 2.35. The quantitative estimate of drug-likeness (QED) is 0.853. The van der Waals surface area contributed by atoms with Gasteiger partial charge in [0, 0.05) is 19.1 Å². The van der Waals surface area contributed by atoms with Crippen molar-refractivity contribution in [2.45, 2.75) is 51.1 Å². The molecule has 2 aliphatic rings. The molecule has 2 atom stereocenters. The van der Waals surface area contributed by atoms with E-state index in [1.165, 1.54) is 6.42 Å². The van der Waals surface area contributed by atoms with E-state index in [-0.39, 0.29) is 18.5 Å². The van der Waals surface area contributed by atoms with E-state index in [1.807, 2.05) is 4.90 Å². The maximum absolute atomic E-state index is 12.7. The maximum Gasteiger partial charge on any atom is 0.320 e. The predicted molar refractivity (Wildman–Crippen MR) is 73.6 cm³/mol. The molecule has 0 aromatic rings. The zero-order valence-corrected chi connectivity index (χ0v) is 12.1. The number of carbonyl (C=O) groups is 2. The number of likely N-dealkylation sites (tertiary alicyclic amines) is 1. The van der Waals surface area contributed by atoms with Crippen LogP contribution in [-0.2, 0) is 9.53 Å². The molecule has 2 fully saturated rings. The Kier molecular flexibility index (Phi) is 5.23. The Morgan fingerprint density at radius 2 is 1.95 bits per heavy atom. The summed E-state index contributed by atoms with van der Waals surface area (Å²) in [5.74, 6) is -0.885. The van der Waals surface area contributed by atoms with Crippen LogP contribution < -0.4 is 0 Å². The lowest BCUT2D eigenvalue weighted by atomic mass is 10.0. The van der Waals surface area contributed by atoms with Gasteiger partial charge in [-0.2, -0.15) is 0 Å². The van der Waals surface area contributed by atoms with Crippen LogP contribution in [0.3, 0.4) is 0 Å². The number of aliphatic carboxylic acids is 1. The lowest BCUT2D eigenvalue weighted by Crippen LogP contribution is -2.57. The van der Waals surface area contributed by atoms with Crippen LogP contribution in [0.2, 0.25) is 0 Å². The van der Waals surface area contributed by atoms with E-state index in [1.54, 1.807) is 4.90 Å². The van der Waals surface area contributed by atoms with Crippen LogP contribution in [0.25, 0.3) is 0 Å². The van der Waals surface area contributed by atoms with E-state index in [0.29, 0.717) is 25.8 Å². The monoisotopic (exact) mass is 284 g/mol. The van der Waals surface area contributed by atoms with Crippen molar-refractivity contribution in [1.82, 2.24) is 9.80 Å². The minimum Gasteiger partial charge on any atom is -0.481 e. The topological polar surface area (TPSA) is 70.1 Å². The smallest absolute Gasteiger partial charge is 0.320 e. The van der Waals surface area contributed by atoms with Gasteiger partial charge < -0.3 is 19.6 Å². The zero-order valence-electron chi connectivity index (χ0n) is 12.1. The summed E-state index contributed by atoms with van der Waals surface area (Å²) >= 11 is 0. The fraction of sp³-hybridized carbons (Fsp3) is 0.857. The number of carbonyl (C=O) groups excluding carboxylic acids is 1. The highest BCUT2D eigenvalue weighted by atomic mass is 16.5. The second kappa shape index (κ2) is 6.92. The van der Waals surface area contributed by atoms with Gasteiger partial charge in [-0.05, 0) is 25.7 Å². The number of hydrogen-bond donors (Lipinski definition) is 1. The first-order valence-corrected chi connectivity index (χ1v) is 7.50. The van der Waals surface area contributed by atoms with Crippen LogP contribution in [0.4, 0.5) is 4.79 Å². The van der Waals surface area contributed by atoms with Crippen molar-refractivity contribution in [2.24, 2.45) is 0 Å². The van der Waals surface area contributed by atoms with Crippen LogP contribution in [-0.4, -0.2) is 65.3 Å². The average molecular weight is 284 g/mol. The van der Waals surface area contributed by atoms with Crippen LogP contribution in [0.15, 0.2) is 0 Å². The first-order chi connectivity index (χ1) is 9.63. The van der Waals surface area contributed by atoms with Gasteiger partial charge in [0.2, 0.25) is 0 Å². The minimum absolute atomic E-state index is 0.00824. The predicted octanol–water partition coefficient (Wildman–Crippen LogP) is 1.55. The van der Waals surface area contributed by atoms with Crippen molar-refractivity contribution in [3.8, 4) is 0 Å². The number of urea groups is 1. The van der Waals surface area contributed by atoms with Gasteiger partial charge in [-0.15, -0.1) is 0 Å². The van der Waals surface area contributed by atoms with Crippen LogP contribution in [0.5, 0.6) is 0 Å². The number of morpholine rings is 1. The third kappa shape index (κ3) is 3.42. The van der Waals surface area contributed by atoms with Crippen LogP contribution in [0.1, 0.15) is 39.0 Å². The van der Waals surface area contributed by atoms with Crippen LogP contribution >= 0.6 is 0 Å². The largest absolute Gasteiger partial charge is 0.481 e. The molecule has 0 saturated carbocycles. The van der Waals surface area contributed by atoms with Gasteiger partial charge >= 0.3 is 12.0 Å². The second-order valence-electron chi connectivity index (χ2n) is 5.55. The zero-order chi connectivity index (χ0) is 14.5. The Hall–Kier alpha value is -1.30. The number of rotatable bonds is 3. The molecule has 0 aromatic carbocycles. The maximum atomic E-state index is 12.7. The second-order valence-corrected chi connectivity index (χ2v) is 5.55. The molecule has 2 saturated heterocycles. The molecule has 114 valence electrons. The standard InChI is InChI=1S/C14H24N2O4/c1-2-11-5-3-4-6-15(11)14(19)16-7-8-20-10-12(16)9-13(17)18/h11-12H,2-10H2,1H3,(H,17,18). The molecule has 0 spiro atoms. The Morgan fingerprint density at radius 1 is 1.20 bits per heavy atom. The highest BCUT2D eigenvalue weighted by Crippen LogP contribution is 2.23. The molecule has 1 N–H and O–H groups in total. The van der Waals surface area contributed by atoms with E-state index < -0.39 is 5.97 Å². The molecule has 0 aliphatic carbocycles. The summed E-state index contributed by atoms with van der Waals surface area (Å²) in [6.45, 7) is 4.19. The Morgan fingerprint density at radius 3 is 2.65 bits per heavy atom. The first-order valence-electron chi connectivity index (χ1n) is 7.50. The van der Waals surface area contributed by atoms with Crippen molar-refractivity contribution in [3.63, 3.8) is 0 Å². The molecule has 0 bridgehead atoms. The third-order valence-corrected chi connectivity index (χ3v) is 4.23. The molecule has 0 radical (unpaired) electrons. The summed E-state index contributed by atoms with van der Waals surface area (Å²) in [7, 11) is 0. The van der Waals surface area contributed by atoms with Crippen LogP contribution in [0, 0.1) is 0 Å². The number of carboxylic acid groups (broad SMARTS) is 1. The normalized spacial score (nSPS) is 27.4. The van der Waals surface area contributed by atoms with Gasteiger partial charge in [0.1, 0.15) is 0 Å². The molecule has 6 nitrogen and oxygen atoms in total. The van der Waals surface area contributed by atoms with Gasteiger partial charge in [-0.25, -0.2) is 4.79 Å². The van der Waals surface area contributed by atoms with E-state index in [9.17, 15) is 9.59 Å². The Balaban J connectivity index is 2.05. The molecular weight excluding hydrogens is 260 g/mol. The van der Waals surface area contributed by atoms with Crippen molar-refractivity contribution >= 4 is 12.0 Å². The molecule has 20 heavy (non-hydrogen) atoms. The fourth-order valence-electron chi connectivity index (χ4n) is 3.12. The molecule has 0 aromatic heterocycles. The van der Waals surface area contributed by atoms with Crippen molar-refractivity contribution < 1.29 is 19.4 Å². The third-order valence-electron chi connectivity index (χ3n) is 4.23. The number of carboxylic acids is 1. The number of ether oxygens (including phenoxy) is 1. The molecule has 2 amide bonds. The minimum atomic E-state index is -0.885. The number of nitrogens with zero attached hydrogens (tertiary/aromatic N) is 2. The Labute approximate surface area is 119 Å². The molecular formula is C14H24N2O4. The lowest BCUT2D eigenvalue weighted by Gasteiger charge is -2.42. The van der Waals surface area contributed by atoms with Gasteiger partial charge in [-0.3, -0.25) is 4.79 Å². The lowest BCUT2D eigenvalue weighted by molar-refractivity contribution is -0.139. The summed E-state index contributed by atoms with van der Waals surface area (Å²) in [4.78, 5) is 27.3. The van der Waals surface area contributed by atoms with Gasteiger partial charge in [0.05, 0.1) is 25.7 Å². The SMILES string of the molecule is CCC1CCCCN1C(=O)N1CCOCC1CC(=O)O. The van der Waals surface area contributed by atoms with Crippen molar-refractivity contribution in [1.29, 1.82) is 0 Å². The summed E-state index contributed by atoms with van der Waals surface area (Å²) < 4.78 is 5.33. The molecule has 2 unspecified atom stereocenters. The van der Waals surface area contributed by atoms with E-state index >= 15 is 0 Å². The first kappa shape index (κ1) is 15.1. The number of hydrogen-bond acceptors (Lipinski definition) is 3. The summed E-state index contributed by atoms with van der Waals surface area (Å²) in [6.07, 6.45) is 4.17. The van der Waals surface area contributed by atoms with Crippen molar-refractivity contribution in [3.05, 3.63) is 0 Å². The average Bonchev–Trinajstić information content (AvgIpc) is 2.46. The molecule has 2 rings (SSSR count). The van der Waals surface area contributed by atoms with E-state index in [4.69, 9.17) is 9.84 Å². The van der Waals surface area contributed by atoms with E-state index in [2.05, 4.69) is 6.92 Å². The molecule has 2 heterocycles. The summed E-state index contributed by atoms with van der Waals surface area (Å²) in [5, 5.41) is 8.97. The summed E-state index contributed by atoms with van der Waals surface area (Å²) in [6, 6.07) is -0.0520. The fourth-order valence-corrected chi connectivity index (χ4v) is 3.12. The van der Waals surface area contributed by atoms with Gasteiger partial charge in [0.25, 0.3) is 0 Å². The van der Waals surface area contributed by atoms with E-state index in [0.717, 1.165) is 25.8 Å². The number of amides is 2. The van der Waals surface area contributed by atoms with Gasteiger partial charge in [0.15, 0.2) is 0 Å². The number of piperidine rings is 1. The summed E-state index contributed by atoms with van der Waals surface area (Å²) in [5.41, 5.74) is 0. The Bertz CT molecular complexity index is 361.